The predicted octanol–water partition coefficient (Wildman–Crippen LogP) is 1.37. The second-order valence-corrected chi connectivity index (χ2v) is 5.34. The van der Waals surface area contributed by atoms with Gasteiger partial charge < -0.3 is 20.5 Å². The molecule has 2 unspecified atom stereocenters. The van der Waals surface area contributed by atoms with Crippen molar-refractivity contribution < 1.29 is 14.6 Å². The van der Waals surface area contributed by atoms with E-state index in [9.17, 15) is 9.90 Å². The summed E-state index contributed by atoms with van der Waals surface area (Å²) in [6.45, 7) is 3.13. The number of carbonyl (C=O) groups is 1. The zero-order valence-corrected chi connectivity index (χ0v) is 11.8. The van der Waals surface area contributed by atoms with Crippen LogP contribution in [0, 0.1) is 0 Å². The molecule has 0 saturated carbocycles. The first-order valence-electron chi connectivity index (χ1n) is 6.99. The van der Waals surface area contributed by atoms with Crippen LogP contribution in [0.3, 0.4) is 0 Å². The molecule has 2 amide bonds. The van der Waals surface area contributed by atoms with E-state index in [4.69, 9.17) is 4.74 Å². The van der Waals surface area contributed by atoms with Crippen LogP contribution in [0.15, 0.2) is 30.3 Å². The minimum Gasteiger partial charge on any atom is -0.384 e. The van der Waals surface area contributed by atoms with Crippen molar-refractivity contribution in [3.63, 3.8) is 0 Å². The van der Waals surface area contributed by atoms with E-state index >= 15 is 0 Å². The summed E-state index contributed by atoms with van der Waals surface area (Å²) in [7, 11) is 0. The summed E-state index contributed by atoms with van der Waals surface area (Å²) < 4.78 is 5.43. The fourth-order valence-corrected chi connectivity index (χ4v) is 2.23. The summed E-state index contributed by atoms with van der Waals surface area (Å²) in [6, 6.07) is 9.01. The highest BCUT2D eigenvalue weighted by molar-refractivity contribution is 5.73. The first-order valence-corrected chi connectivity index (χ1v) is 6.99. The topological polar surface area (TPSA) is 70.6 Å². The molecule has 0 spiro atoms. The quantitative estimate of drug-likeness (QED) is 0.762. The molecular weight excluding hydrogens is 256 g/mol. The van der Waals surface area contributed by atoms with Gasteiger partial charge in [-0.2, -0.15) is 0 Å². The SMILES string of the molecule is CC(O)(CNC(=O)NCC1CCCO1)c1ccccc1. The fraction of sp³-hybridized carbons (Fsp3) is 0.533. The second-order valence-electron chi connectivity index (χ2n) is 5.34. The molecule has 20 heavy (non-hydrogen) atoms. The average molecular weight is 278 g/mol. The van der Waals surface area contributed by atoms with Crippen LogP contribution >= 0.6 is 0 Å². The fourth-order valence-electron chi connectivity index (χ4n) is 2.23. The van der Waals surface area contributed by atoms with Crippen LogP contribution < -0.4 is 10.6 Å². The van der Waals surface area contributed by atoms with Gasteiger partial charge >= 0.3 is 6.03 Å². The Morgan fingerprint density at radius 3 is 2.80 bits per heavy atom. The molecule has 0 radical (unpaired) electrons. The first-order chi connectivity index (χ1) is 9.58. The molecule has 1 aliphatic heterocycles. The third kappa shape index (κ3) is 4.21. The van der Waals surface area contributed by atoms with Gasteiger partial charge in [-0.3, -0.25) is 0 Å². The van der Waals surface area contributed by atoms with Crippen LogP contribution in [-0.4, -0.2) is 36.9 Å². The molecule has 5 nitrogen and oxygen atoms in total. The predicted molar refractivity (Wildman–Crippen MR) is 76.4 cm³/mol. The lowest BCUT2D eigenvalue weighted by Crippen LogP contribution is -2.45. The molecular formula is C15H22N2O3. The maximum absolute atomic E-state index is 11.7. The number of aliphatic hydroxyl groups is 1. The molecule has 1 aromatic carbocycles. The van der Waals surface area contributed by atoms with Gasteiger partial charge in [0.2, 0.25) is 0 Å². The lowest BCUT2D eigenvalue weighted by Gasteiger charge is -2.24. The largest absolute Gasteiger partial charge is 0.384 e. The maximum atomic E-state index is 11.7. The Bertz CT molecular complexity index is 428. The summed E-state index contributed by atoms with van der Waals surface area (Å²) in [5.41, 5.74) is -0.304. The Morgan fingerprint density at radius 1 is 1.40 bits per heavy atom. The highest BCUT2D eigenvalue weighted by atomic mass is 16.5. The zero-order chi connectivity index (χ0) is 14.4. The molecule has 0 aromatic heterocycles. The van der Waals surface area contributed by atoms with E-state index in [0.29, 0.717) is 6.54 Å². The Morgan fingerprint density at radius 2 is 2.15 bits per heavy atom. The van der Waals surface area contributed by atoms with Gasteiger partial charge in [0.25, 0.3) is 0 Å². The van der Waals surface area contributed by atoms with Gasteiger partial charge in [0, 0.05) is 13.2 Å². The van der Waals surface area contributed by atoms with Crippen LogP contribution in [0.1, 0.15) is 25.3 Å². The Kier molecular flexibility index (Phi) is 4.98. The first kappa shape index (κ1) is 14.8. The molecule has 0 bridgehead atoms. The molecule has 110 valence electrons. The standard InChI is InChI=1S/C15H22N2O3/c1-15(19,12-6-3-2-4-7-12)11-17-14(18)16-10-13-8-5-9-20-13/h2-4,6-7,13,19H,5,8-11H2,1H3,(H2,16,17,18). The molecule has 1 saturated heterocycles. The van der Waals surface area contributed by atoms with Gasteiger partial charge in [-0.15, -0.1) is 0 Å². The van der Waals surface area contributed by atoms with Gasteiger partial charge in [-0.1, -0.05) is 30.3 Å². The van der Waals surface area contributed by atoms with Crippen LogP contribution in [0.25, 0.3) is 0 Å². The molecule has 1 aliphatic rings. The number of nitrogens with one attached hydrogen (secondary N) is 2. The van der Waals surface area contributed by atoms with E-state index in [0.717, 1.165) is 25.0 Å². The number of benzene rings is 1. The minimum atomic E-state index is -1.08. The molecule has 5 heteroatoms. The monoisotopic (exact) mass is 278 g/mol. The van der Waals surface area contributed by atoms with Crippen LogP contribution in [0.4, 0.5) is 4.79 Å². The molecule has 0 aliphatic carbocycles. The summed E-state index contributed by atoms with van der Waals surface area (Å²) in [4.78, 5) is 11.7. The molecule has 1 heterocycles. The van der Waals surface area contributed by atoms with Gasteiger partial charge in [0.1, 0.15) is 5.60 Å². The van der Waals surface area contributed by atoms with Crippen LogP contribution in [0.2, 0.25) is 0 Å². The second kappa shape index (κ2) is 6.72. The lowest BCUT2D eigenvalue weighted by molar-refractivity contribution is 0.0590. The Labute approximate surface area is 119 Å². The molecule has 1 fully saturated rings. The maximum Gasteiger partial charge on any atom is 0.314 e. The Balaban J connectivity index is 1.74. The number of rotatable bonds is 5. The van der Waals surface area contributed by atoms with E-state index in [-0.39, 0.29) is 18.7 Å². The molecule has 1 aromatic rings. The van der Waals surface area contributed by atoms with Gasteiger partial charge in [0.15, 0.2) is 0 Å². The number of amides is 2. The summed E-state index contributed by atoms with van der Waals surface area (Å²) >= 11 is 0. The van der Waals surface area contributed by atoms with Crippen molar-refractivity contribution in [3.8, 4) is 0 Å². The molecule has 3 N–H and O–H groups in total. The van der Waals surface area contributed by atoms with E-state index in [1.54, 1.807) is 6.92 Å². The Hall–Kier alpha value is -1.59. The third-order valence-electron chi connectivity index (χ3n) is 3.50. The van der Waals surface area contributed by atoms with E-state index in [1.807, 2.05) is 30.3 Å². The number of ether oxygens (including phenoxy) is 1. The van der Waals surface area contributed by atoms with Crippen LogP contribution in [0.5, 0.6) is 0 Å². The normalized spacial score (nSPS) is 21.2. The number of hydrogen-bond acceptors (Lipinski definition) is 3. The molecule has 2 rings (SSSR count). The third-order valence-corrected chi connectivity index (χ3v) is 3.50. The minimum absolute atomic E-state index is 0.121. The van der Waals surface area contributed by atoms with Crippen molar-refractivity contribution in [1.29, 1.82) is 0 Å². The molecule has 2 atom stereocenters. The van der Waals surface area contributed by atoms with E-state index in [2.05, 4.69) is 10.6 Å². The van der Waals surface area contributed by atoms with Crippen molar-refractivity contribution in [2.75, 3.05) is 19.7 Å². The summed E-state index contributed by atoms with van der Waals surface area (Å²) in [5, 5.41) is 15.8. The zero-order valence-electron chi connectivity index (χ0n) is 11.8. The highest BCUT2D eigenvalue weighted by Crippen LogP contribution is 2.18. The van der Waals surface area contributed by atoms with Crippen LogP contribution in [-0.2, 0) is 10.3 Å². The lowest BCUT2D eigenvalue weighted by atomic mass is 9.96. The van der Waals surface area contributed by atoms with Gasteiger partial charge in [-0.05, 0) is 25.3 Å². The van der Waals surface area contributed by atoms with Crippen molar-refractivity contribution in [3.05, 3.63) is 35.9 Å². The smallest absolute Gasteiger partial charge is 0.314 e. The summed E-state index contributed by atoms with van der Waals surface area (Å²) in [6.07, 6.45) is 2.16. The van der Waals surface area contributed by atoms with Crippen molar-refractivity contribution >= 4 is 6.03 Å². The highest BCUT2D eigenvalue weighted by Gasteiger charge is 2.23. The van der Waals surface area contributed by atoms with E-state index < -0.39 is 5.60 Å². The van der Waals surface area contributed by atoms with Crippen molar-refractivity contribution in [2.45, 2.75) is 31.5 Å². The number of urea groups is 1. The summed E-state index contributed by atoms with van der Waals surface area (Å²) in [5.74, 6) is 0. The number of hydrogen-bond donors (Lipinski definition) is 3. The van der Waals surface area contributed by atoms with Crippen molar-refractivity contribution in [2.24, 2.45) is 0 Å². The van der Waals surface area contributed by atoms with Crippen molar-refractivity contribution in [1.82, 2.24) is 10.6 Å². The average Bonchev–Trinajstić information content (AvgIpc) is 2.97. The van der Waals surface area contributed by atoms with Gasteiger partial charge in [0.05, 0.1) is 12.6 Å². The van der Waals surface area contributed by atoms with E-state index in [1.165, 1.54) is 0 Å². The van der Waals surface area contributed by atoms with Gasteiger partial charge in [-0.25, -0.2) is 4.79 Å². The number of carbonyl (C=O) groups excluding carboxylic acids is 1.